The molecule has 0 saturated heterocycles. The Hall–Kier alpha value is -6.79. The molecule has 0 spiro atoms. The maximum Gasteiger partial charge on any atom is 0.304 e. The maximum absolute atomic E-state index is 11.9. The van der Waals surface area contributed by atoms with Gasteiger partial charge in [0, 0.05) is 34.9 Å². The predicted molar refractivity (Wildman–Crippen MR) is 271 cm³/mol. The van der Waals surface area contributed by atoms with Gasteiger partial charge in [-0.25, -0.2) is 0 Å². The number of para-hydroxylation sites is 4. The zero-order valence-electron chi connectivity index (χ0n) is 36.1. The summed E-state index contributed by atoms with van der Waals surface area (Å²) in [6, 6.07) is 69.1. The number of hydrogen-bond donors (Lipinski definition) is 1. The Morgan fingerprint density at radius 3 is 1.48 bits per heavy atom. The SMILES string of the molecule is C.C[C@@H](Cc1ccccc1)N1PN([C@@H](C)Cc2ccccc2)c2c1c1ccccc1n2-c1ccccc1.C[C@@H](N)Cc1ccccc1.O=C1C(=O)N(c2ccccc2)c2ccccc21. The van der Waals surface area contributed by atoms with E-state index in [0.717, 1.165) is 24.9 Å². The maximum atomic E-state index is 11.9. The number of anilines is 4. The second kappa shape index (κ2) is 21.1. The van der Waals surface area contributed by atoms with E-state index in [9.17, 15) is 9.59 Å². The number of Topliss-reactive ketones (excluding diaryl/α,β-unsaturated/α-hetero) is 1. The highest BCUT2D eigenvalue weighted by Gasteiger charge is 2.39. The molecule has 0 bridgehead atoms. The summed E-state index contributed by atoms with van der Waals surface area (Å²) < 4.78 is 7.79. The molecule has 2 aliphatic rings. The molecule has 8 heteroatoms. The van der Waals surface area contributed by atoms with Crippen LogP contribution in [0.15, 0.2) is 200 Å². The van der Waals surface area contributed by atoms with Crippen LogP contribution in [0.25, 0.3) is 16.6 Å². The Balaban J connectivity index is 0.000000180. The van der Waals surface area contributed by atoms with Gasteiger partial charge in [0.05, 0.1) is 31.3 Å². The average Bonchev–Trinajstić information content (AvgIpc) is 3.95. The third-order valence-electron chi connectivity index (χ3n) is 11.4. The van der Waals surface area contributed by atoms with Crippen LogP contribution in [0.5, 0.6) is 0 Å². The minimum absolute atomic E-state index is 0. The molecule has 2 aliphatic heterocycles. The second-order valence-corrected chi connectivity index (χ2v) is 17.4. The molecule has 7 nitrogen and oxygen atoms in total. The van der Waals surface area contributed by atoms with E-state index in [4.69, 9.17) is 5.73 Å². The molecule has 1 unspecified atom stereocenters. The van der Waals surface area contributed by atoms with Gasteiger partial charge in [-0.2, -0.15) is 0 Å². The molecule has 0 radical (unpaired) electrons. The number of hydrogen-bond acceptors (Lipinski definition) is 5. The molecule has 3 heterocycles. The summed E-state index contributed by atoms with van der Waals surface area (Å²) in [6.45, 7) is 6.78. The molecule has 2 N–H and O–H groups in total. The van der Waals surface area contributed by atoms with Gasteiger partial charge in [-0.3, -0.25) is 19.1 Å². The summed E-state index contributed by atoms with van der Waals surface area (Å²) in [5.74, 6) is 0.394. The van der Waals surface area contributed by atoms with Crippen LogP contribution in [0, 0.1) is 0 Å². The van der Waals surface area contributed by atoms with Crippen molar-refractivity contribution in [2.75, 3.05) is 14.2 Å². The van der Waals surface area contributed by atoms with Crippen LogP contribution >= 0.6 is 8.88 Å². The van der Waals surface area contributed by atoms with Crippen molar-refractivity contribution in [3.05, 3.63) is 222 Å². The lowest BCUT2D eigenvalue weighted by Crippen LogP contribution is -2.31. The van der Waals surface area contributed by atoms with Crippen LogP contribution in [-0.2, 0) is 24.1 Å². The van der Waals surface area contributed by atoms with Gasteiger partial charge in [-0.15, -0.1) is 0 Å². The first kappa shape index (κ1) is 45.2. The van der Waals surface area contributed by atoms with Crippen molar-refractivity contribution >= 4 is 54.4 Å². The van der Waals surface area contributed by atoms with Gasteiger partial charge in [-0.05, 0) is 99.2 Å². The quantitative estimate of drug-likeness (QED) is 0.109. The molecular formula is C56H58N5O2P. The molecule has 324 valence electrons. The van der Waals surface area contributed by atoms with Crippen molar-refractivity contribution in [1.29, 1.82) is 0 Å². The number of ketones is 1. The normalized spacial score (nSPS) is 14.4. The van der Waals surface area contributed by atoms with Gasteiger partial charge in [-0.1, -0.05) is 165 Å². The van der Waals surface area contributed by atoms with E-state index in [2.05, 4.69) is 155 Å². The number of nitrogens with two attached hydrogens (primary N) is 1. The van der Waals surface area contributed by atoms with Gasteiger partial charge in [0.1, 0.15) is 5.82 Å². The lowest BCUT2D eigenvalue weighted by Gasteiger charge is -2.31. The molecule has 10 rings (SSSR count). The first-order valence-corrected chi connectivity index (χ1v) is 22.6. The van der Waals surface area contributed by atoms with Crippen molar-refractivity contribution < 1.29 is 9.59 Å². The van der Waals surface area contributed by atoms with Crippen LogP contribution < -0.4 is 20.0 Å². The minimum Gasteiger partial charge on any atom is -0.329 e. The van der Waals surface area contributed by atoms with Crippen LogP contribution in [0.2, 0.25) is 0 Å². The number of aromatic nitrogens is 1. The van der Waals surface area contributed by atoms with E-state index in [1.807, 2.05) is 61.5 Å². The molecule has 0 aliphatic carbocycles. The Morgan fingerprint density at radius 2 is 0.938 bits per heavy atom. The third kappa shape index (κ3) is 10.0. The van der Waals surface area contributed by atoms with Crippen molar-refractivity contribution in [1.82, 2.24) is 4.57 Å². The van der Waals surface area contributed by atoms with Crippen molar-refractivity contribution in [2.45, 2.75) is 65.6 Å². The van der Waals surface area contributed by atoms with Crippen molar-refractivity contribution in [3.63, 3.8) is 0 Å². The lowest BCUT2D eigenvalue weighted by atomic mass is 10.1. The Kier molecular flexibility index (Phi) is 14.9. The molecular weight excluding hydrogens is 806 g/mol. The van der Waals surface area contributed by atoms with E-state index < -0.39 is 11.7 Å². The van der Waals surface area contributed by atoms with Crippen molar-refractivity contribution in [3.8, 4) is 5.69 Å². The summed E-state index contributed by atoms with van der Waals surface area (Å²) >= 11 is 0. The first-order valence-electron chi connectivity index (χ1n) is 21.7. The predicted octanol–water partition coefficient (Wildman–Crippen LogP) is 12.8. The smallest absolute Gasteiger partial charge is 0.304 e. The molecule has 1 aromatic heterocycles. The minimum atomic E-state index is -0.489. The van der Waals surface area contributed by atoms with Gasteiger partial charge >= 0.3 is 5.91 Å². The van der Waals surface area contributed by atoms with Crippen molar-refractivity contribution in [2.24, 2.45) is 5.73 Å². The molecule has 1 amide bonds. The van der Waals surface area contributed by atoms with E-state index >= 15 is 0 Å². The van der Waals surface area contributed by atoms with Crippen LogP contribution in [-0.4, -0.2) is 34.4 Å². The highest BCUT2D eigenvalue weighted by molar-refractivity contribution is 7.43. The molecule has 0 saturated carbocycles. The van der Waals surface area contributed by atoms with Crippen LogP contribution in [0.3, 0.4) is 0 Å². The number of amides is 1. The van der Waals surface area contributed by atoms with Gasteiger partial charge in [0.2, 0.25) is 0 Å². The van der Waals surface area contributed by atoms with Crippen LogP contribution in [0.1, 0.15) is 55.2 Å². The fourth-order valence-electron chi connectivity index (χ4n) is 8.45. The fourth-order valence-corrected chi connectivity index (χ4v) is 9.88. The second-order valence-electron chi connectivity index (χ2n) is 16.3. The fraction of sp³-hybridized carbons (Fsp3) is 0.179. The number of carbonyl (C=O) groups excluding carboxylic acids is 2. The summed E-state index contributed by atoms with van der Waals surface area (Å²) in [4.78, 5) is 25.2. The Labute approximate surface area is 380 Å². The highest BCUT2D eigenvalue weighted by Crippen LogP contribution is 2.56. The third-order valence-corrected chi connectivity index (χ3v) is 13.1. The molecule has 4 atom stereocenters. The lowest BCUT2D eigenvalue weighted by molar-refractivity contribution is -0.113. The molecule has 8 aromatic rings. The van der Waals surface area contributed by atoms with Gasteiger partial charge in [0.15, 0.2) is 0 Å². The summed E-state index contributed by atoms with van der Waals surface area (Å²) in [7, 11) is 0.567. The summed E-state index contributed by atoms with van der Waals surface area (Å²) in [5.41, 5.74) is 15.4. The average molecular weight is 864 g/mol. The highest BCUT2D eigenvalue weighted by atomic mass is 31.1. The summed E-state index contributed by atoms with van der Waals surface area (Å²) in [6.07, 6.45) is 3.02. The van der Waals surface area contributed by atoms with Gasteiger partial charge < -0.3 is 15.1 Å². The molecule has 64 heavy (non-hydrogen) atoms. The largest absolute Gasteiger partial charge is 0.329 e. The zero-order valence-corrected chi connectivity index (χ0v) is 37.1. The van der Waals surface area contributed by atoms with E-state index in [1.54, 1.807) is 18.2 Å². The van der Waals surface area contributed by atoms with E-state index in [-0.39, 0.29) is 13.5 Å². The van der Waals surface area contributed by atoms with Gasteiger partial charge in [0.25, 0.3) is 5.78 Å². The number of rotatable bonds is 10. The standard InChI is InChI=1S/C32H32N3P.C14H9NO2.C9H13N.CH4/c1-24(22-26-14-6-3-7-15-26)34-31-29-20-12-13-21-30(29)33(28-18-10-5-11-19-28)32(31)35(36-34)25(2)23-27-16-8-4-9-17-27;16-13-11-8-4-5-9-12(11)15(14(13)17)10-6-2-1-3-7-10;1-8(10)7-9-5-3-2-4-6-9;/h3-21,24-25,36H,22-23H2,1-2H3;1-9H;2-6,8H,7,10H2,1H3;1H4/t24-,25-;;8-;/m0.1./s1. The van der Waals surface area contributed by atoms with E-state index in [0.29, 0.717) is 32.2 Å². The number of carbonyl (C=O) groups is 2. The monoisotopic (exact) mass is 863 g/mol. The molecule has 7 aromatic carbocycles. The Morgan fingerprint density at radius 1 is 0.500 bits per heavy atom. The zero-order chi connectivity index (χ0) is 43.7. The topological polar surface area (TPSA) is 74.8 Å². The first-order chi connectivity index (χ1) is 30.8. The summed E-state index contributed by atoms with van der Waals surface area (Å²) in [5, 5.41) is 1.33. The number of fused-ring (bicyclic) bond motifs is 4. The number of nitrogens with zero attached hydrogens (tertiary/aromatic N) is 4. The van der Waals surface area contributed by atoms with E-state index in [1.165, 1.54) is 49.7 Å². The van der Waals surface area contributed by atoms with Crippen LogP contribution in [0.4, 0.5) is 22.9 Å². The Bertz CT molecular complexity index is 2750. The molecule has 0 fully saturated rings. The number of benzene rings is 7.